The molecule has 7 heteroatoms. The maximum Gasteiger partial charge on any atom is 0.254 e. The van der Waals surface area contributed by atoms with Crippen LogP contribution in [0.4, 0.5) is 4.39 Å². The van der Waals surface area contributed by atoms with Gasteiger partial charge in [0.15, 0.2) is 0 Å². The first-order chi connectivity index (χ1) is 11.6. The first-order valence-corrected chi connectivity index (χ1v) is 8.18. The maximum absolute atomic E-state index is 14.6. The lowest BCUT2D eigenvalue weighted by Gasteiger charge is -2.27. The minimum absolute atomic E-state index is 0.105. The molecule has 2 N–H and O–H groups in total. The summed E-state index contributed by atoms with van der Waals surface area (Å²) in [6.07, 6.45) is 0. The number of nitrogens with zero attached hydrogens (tertiary/aromatic N) is 1. The highest BCUT2D eigenvalue weighted by atomic mass is 19.1. The predicted octanol–water partition coefficient (Wildman–Crippen LogP) is 0.347. The number of hydrogen-bond acceptors (Lipinski definition) is 4. The number of ether oxygens (including phenoxy) is 1. The standard InChI is InChI=1S/C17H22FN3O3/c1-24-10-12-9-20-16(22)15(12)13-3-2-11(8-14(13)18)17(23)21-6-4-19-5-7-21/h2-3,8,12,15,19H,4-7,9-10H2,1H3,(H,20,22)/t12?,15-/m1/s1. The lowest BCUT2D eigenvalue weighted by molar-refractivity contribution is -0.120. The molecule has 0 spiro atoms. The van der Waals surface area contributed by atoms with Crippen LogP contribution in [-0.4, -0.2) is 63.2 Å². The van der Waals surface area contributed by atoms with Crippen molar-refractivity contribution >= 4 is 11.8 Å². The monoisotopic (exact) mass is 335 g/mol. The molecular weight excluding hydrogens is 313 g/mol. The second-order valence-electron chi connectivity index (χ2n) is 6.22. The van der Waals surface area contributed by atoms with E-state index in [0.717, 1.165) is 13.1 Å². The molecule has 2 aliphatic heterocycles. The van der Waals surface area contributed by atoms with E-state index in [1.54, 1.807) is 24.1 Å². The molecule has 6 nitrogen and oxygen atoms in total. The zero-order chi connectivity index (χ0) is 17.1. The summed E-state index contributed by atoms with van der Waals surface area (Å²) in [6.45, 7) is 3.56. The third-order valence-electron chi connectivity index (χ3n) is 4.66. The number of halogens is 1. The number of piperazine rings is 1. The fourth-order valence-electron chi connectivity index (χ4n) is 3.40. The molecule has 1 unspecified atom stereocenters. The van der Waals surface area contributed by atoms with E-state index in [0.29, 0.717) is 37.4 Å². The van der Waals surface area contributed by atoms with Crippen LogP contribution in [-0.2, 0) is 9.53 Å². The Hall–Kier alpha value is -1.99. The molecule has 24 heavy (non-hydrogen) atoms. The molecule has 0 aliphatic carbocycles. The summed E-state index contributed by atoms with van der Waals surface area (Å²) in [4.78, 5) is 26.2. The van der Waals surface area contributed by atoms with E-state index in [1.807, 2.05) is 0 Å². The van der Waals surface area contributed by atoms with E-state index < -0.39 is 11.7 Å². The minimum Gasteiger partial charge on any atom is -0.384 e. The Labute approximate surface area is 140 Å². The highest BCUT2D eigenvalue weighted by Crippen LogP contribution is 2.31. The topological polar surface area (TPSA) is 70.7 Å². The molecule has 0 radical (unpaired) electrons. The molecule has 2 saturated heterocycles. The van der Waals surface area contributed by atoms with Crippen LogP contribution in [0.2, 0.25) is 0 Å². The molecule has 1 aromatic carbocycles. The summed E-state index contributed by atoms with van der Waals surface area (Å²) >= 11 is 0. The van der Waals surface area contributed by atoms with Gasteiger partial charge in [0, 0.05) is 56.9 Å². The molecule has 2 heterocycles. The summed E-state index contributed by atoms with van der Waals surface area (Å²) in [6, 6.07) is 4.41. The van der Waals surface area contributed by atoms with Gasteiger partial charge in [0.05, 0.1) is 12.5 Å². The van der Waals surface area contributed by atoms with E-state index in [4.69, 9.17) is 4.74 Å². The fraction of sp³-hybridized carbons (Fsp3) is 0.529. The van der Waals surface area contributed by atoms with Crippen LogP contribution in [0.5, 0.6) is 0 Å². The number of amides is 2. The molecule has 130 valence electrons. The van der Waals surface area contributed by atoms with Gasteiger partial charge < -0.3 is 20.3 Å². The second-order valence-corrected chi connectivity index (χ2v) is 6.22. The largest absolute Gasteiger partial charge is 0.384 e. The van der Waals surface area contributed by atoms with Gasteiger partial charge in [-0.2, -0.15) is 0 Å². The van der Waals surface area contributed by atoms with Crippen molar-refractivity contribution in [2.45, 2.75) is 5.92 Å². The quantitative estimate of drug-likeness (QED) is 0.833. The molecule has 0 aromatic heterocycles. The van der Waals surface area contributed by atoms with Crippen molar-refractivity contribution in [2.24, 2.45) is 5.92 Å². The van der Waals surface area contributed by atoms with E-state index in [1.165, 1.54) is 6.07 Å². The summed E-state index contributed by atoms with van der Waals surface area (Å²) in [5.74, 6) is -1.57. The van der Waals surface area contributed by atoms with Gasteiger partial charge in [-0.25, -0.2) is 4.39 Å². The van der Waals surface area contributed by atoms with Gasteiger partial charge in [0.25, 0.3) is 5.91 Å². The maximum atomic E-state index is 14.6. The normalized spacial score (nSPS) is 24.1. The second kappa shape index (κ2) is 7.27. The van der Waals surface area contributed by atoms with Crippen LogP contribution < -0.4 is 10.6 Å². The minimum atomic E-state index is -0.576. The van der Waals surface area contributed by atoms with E-state index in [-0.39, 0.29) is 17.7 Å². The van der Waals surface area contributed by atoms with Crippen LogP contribution in [0, 0.1) is 11.7 Å². The van der Waals surface area contributed by atoms with Gasteiger partial charge in [-0.3, -0.25) is 9.59 Å². The number of carbonyl (C=O) groups excluding carboxylic acids is 2. The Morgan fingerprint density at radius 3 is 2.79 bits per heavy atom. The van der Waals surface area contributed by atoms with Gasteiger partial charge in [0.2, 0.25) is 5.91 Å². The van der Waals surface area contributed by atoms with Gasteiger partial charge in [-0.15, -0.1) is 0 Å². The fourth-order valence-corrected chi connectivity index (χ4v) is 3.40. The zero-order valence-electron chi connectivity index (χ0n) is 13.7. The highest BCUT2D eigenvalue weighted by molar-refractivity contribution is 5.94. The smallest absolute Gasteiger partial charge is 0.254 e. The average Bonchev–Trinajstić information content (AvgIpc) is 2.96. The van der Waals surface area contributed by atoms with Crippen molar-refractivity contribution in [3.8, 4) is 0 Å². The average molecular weight is 335 g/mol. The summed E-state index contributed by atoms with van der Waals surface area (Å²) < 4.78 is 19.7. The van der Waals surface area contributed by atoms with E-state index >= 15 is 0 Å². The zero-order valence-corrected chi connectivity index (χ0v) is 13.7. The molecule has 2 atom stereocenters. The Morgan fingerprint density at radius 1 is 1.38 bits per heavy atom. The van der Waals surface area contributed by atoms with E-state index in [9.17, 15) is 14.0 Å². The van der Waals surface area contributed by atoms with Gasteiger partial charge in [-0.05, 0) is 12.1 Å². The Morgan fingerprint density at radius 2 is 2.12 bits per heavy atom. The number of rotatable bonds is 4. The Balaban J connectivity index is 1.81. The predicted molar refractivity (Wildman–Crippen MR) is 86.3 cm³/mol. The van der Waals surface area contributed by atoms with Crippen molar-refractivity contribution in [1.29, 1.82) is 0 Å². The Kier molecular flexibility index (Phi) is 5.11. The molecule has 0 bridgehead atoms. The number of methoxy groups -OCH3 is 1. The van der Waals surface area contributed by atoms with Crippen molar-refractivity contribution < 1.29 is 18.7 Å². The van der Waals surface area contributed by atoms with Crippen molar-refractivity contribution in [1.82, 2.24) is 15.5 Å². The Bertz CT molecular complexity index is 632. The molecule has 2 aliphatic rings. The van der Waals surface area contributed by atoms with Crippen LogP contribution in [0.25, 0.3) is 0 Å². The van der Waals surface area contributed by atoms with E-state index in [2.05, 4.69) is 10.6 Å². The van der Waals surface area contributed by atoms with Crippen molar-refractivity contribution in [3.05, 3.63) is 35.1 Å². The van der Waals surface area contributed by atoms with Crippen LogP contribution in [0.3, 0.4) is 0 Å². The summed E-state index contributed by atoms with van der Waals surface area (Å²) in [7, 11) is 1.56. The first-order valence-electron chi connectivity index (χ1n) is 8.18. The molecule has 2 amide bonds. The van der Waals surface area contributed by atoms with Crippen LogP contribution >= 0.6 is 0 Å². The molecule has 0 saturated carbocycles. The molecule has 3 rings (SSSR count). The van der Waals surface area contributed by atoms with Crippen molar-refractivity contribution in [2.75, 3.05) is 46.4 Å². The van der Waals surface area contributed by atoms with Crippen molar-refractivity contribution in [3.63, 3.8) is 0 Å². The molecule has 2 fully saturated rings. The number of nitrogens with one attached hydrogen (secondary N) is 2. The van der Waals surface area contributed by atoms with Gasteiger partial charge in [-0.1, -0.05) is 6.07 Å². The third-order valence-corrected chi connectivity index (χ3v) is 4.66. The van der Waals surface area contributed by atoms with Gasteiger partial charge in [0.1, 0.15) is 5.82 Å². The lowest BCUT2D eigenvalue weighted by Crippen LogP contribution is -2.46. The summed E-state index contributed by atoms with van der Waals surface area (Å²) in [5, 5.41) is 5.93. The summed E-state index contributed by atoms with van der Waals surface area (Å²) in [5.41, 5.74) is 0.642. The SMILES string of the molecule is COCC1CNC(=O)[C@H]1c1ccc(C(=O)N2CCNCC2)cc1F. The highest BCUT2D eigenvalue weighted by Gasteiger charge is 2.37. The first kappa shape index (κ1) is 16.9. The molecule has 1 aromatic rings. The van der Waals surface area contributed by atoms with Crippen LogP contribution in [0.1, 0.15) is 21.8 Å². The molecular formula is C17H22FN3O3. The number of hydrogen-bond donors (Lipinski definition) is 2. The lowest BCUT2D eigenvalue weighted by atomic mass is 9.88. The number of carbonyl (C=O) groups is 2. The van der Waals surface area contributed by atoms with Crippen LogP contribution in [0.15, 0.2) is 18.2 Å². The number of benzene rings is 1. The third kappa shape index (κ3) is 3.27. The van der Waals surface area contributed by atoms with Gasteiger partial charge >= 0.3 is 0 Å².